The van der Waals surface area contributed by atoms with E-state index in [1.54, 1.807) is 4.68 Å². The van der Waals surface area contributed by atoms with E-state index in [4.69, 9.17) is 9.84 Å². The summed E-state index contributed by atoms with van der Waals surface area (Å²) in [5.41, 5.74) is 6.75. The number of rotatable bonds is 7. The summed E-state index contributed by atoms with van der Waals surface area (Å²) in [6.45, 7) is 9.65. The third kappa shape index (κ3) is 5.71. The molecule has 0 unspecified atom stereocenters. The lowest BCUT2D eigenvalue weighted by molar-refractivity contribution is -0.132. The number of amides is 1. The third-order valence-corrected chi connectivity index (χ3v) is 5.75. The molecule has 1 aromatic heterocycles. The van der Waals surface area contributed by atoms with Crippen molar-refractivity contribution in [3.8, 4) is 22.7 Å². The molecule has 3 aromatic carbocycles. The Morgan fingerprint density at radius 3 is 2.25 bits per heavy atom. The van der Waals surface area contributed by atoms with Gasteiger partial charge in [0.1, 0.15) is 0 Å². The van der Waals surface area contributed by atoms with Crippen molar-refractivity contribution < 1.29 is 14.3 Å². The highest BCUT2D eigenvalue weighted by Gasteiger charge is 2.24. The number of hydrogen-bond acceptors (Lipinski definition) is 4. The number of nitrogens with one attached hydrogen (secondary N) is 1. The molecule has 1 amide bonds. The first-order valence-electron chi connectivity index (χ1n) is 12.1. The average Bonchev–Trinajstić information content (AvgIpc) is 3.16. The number of aryl methyl sites for hydroxylation is 2. The Hall–Kier alpha value is -4.19. The van der Waals surface area contributed by atoms with Gasteiger partial charge in [0, 0.05) is 18.2 Å². The lowest BCUT2D eigenvalue weighted by Crippen LogP contribution is -2.11. The van der Waals surface area contributed by atoms with E-state index in [1.165, 1.54) is 6.92 Å². The minimum absolute atomic E-state index is 0.170. The van der Waals surface area contributed by atoms with Crippen molar-refractivity contribution in [3.63, 3.8) is 0 Å². The Labute approximate surface area is 211 Å². The van der Waals surface area contributed by atoms with E-state index >= 15 is 0 Å². The molecule has 6 heteroatoms. The zero-order chi connectivity index (χ0) is 25.8. The first-order valence-corrected chi connectivity index (χ1v) is 12.1. The van der Waals surface area contributed by atoms with E-state index < -0.39 is 5.97 Å². The number of ether oxygens (including phenoxy) is 1. The van der Waals surface area contributed by atoms with Gasteiger partial charge in [-0.3, -0.25) is 9.59 Å². The molecule has 0 aliphatic carbocycles. The molecular weight excluding hydrogens is 450 g/mol. The third-order valence-electron chi connectivity index (χ3n) is 5.75. The molecular formula is C30H31N3O3. The molecule has 0 atom stereocenters. The van der Waals surface area contributed by atoms with Gasteiger partial charge in [-0.25, -0.2) is 0 Å². The smallest absolute Gasteiger partial charge is 0.309 e. The van der Waals surface area contributed by atoms with Crippen molar-refractivity contribution in [2.24, 2.45) is 5.92 Å². The van der Waals surface area contributed by atoms with Crippen LogP contribution >= 0.6 is 0 Å². The Kier molecular flexibility index (Phi) is 7.34. The summed E-state index contributed by atoms with van der Waals surface area (Å²) in [6.07, 6.45) is 0.717. The fraction of sp³-hybridized carbons (Fsp3) is 0.233. The van der Waals surface area contributed by atoms with Crippen molar-refractivity contribution in [3.05, 3.63) is 95.2 Å². The molecule has 1 N–H and O–H groups in total. The molecule has 0 bridgehead atoms. The lowest BCUT2D eigenvalue weighted by atomic mass is 9.99. The number of carbonyl (C=O) groups is 2. The van der Waals surface area contributed by atoms with Gasteiger partial charge < -0.3 is 10.1 Å². The molecule has 184 valence electrons. The largest absolute Gasteiger partial charge is 0.407 e. The summed E-state index contributed by atoms with van der Waals surface area (Å²) in [5.74, 6) is 0.155. The first kappa shape index (κ1) is 24.9. The van der Waals surface area contributed by atoms with Crippen LogP contribution in [0.25, 0.3) is 16.8 Å². The molecule has 0 saturated heterocycles. The second-order valence-corrected chi connectivity index (χ2v) is 9.47. The lowest BCUT2D eigenvalue weighted by Gasteiger charge is -2.11. The van der Waals surface area contributed by atoms with Gasteiger partial charge in [-0.15, -0.1) is 0 Å². The second kappa shape index (κ2) is 10.6. The van der Waals surface area contributed by atoms with Crippen LogP contribution in [0, 0.1) is 19.8 Å². The molecule has 0 saturated carbocycles. The van der Waals surface area contributed by atoms with Crippen LogP contribution < -0.4 is 10.1 Å². The molecule has 0 aliphatic rings. The highest BCUT2D eigenvalue weighted by molar-refractivity contribution is 6.04. The van der Waals surface area contributed by atoms with Crippen LogP contribution in [0.4, 0.5) is 5.69 Å². The van der Waals surface area contributed by atoms with E-state index in [-0.39, 0.29) is 5.91 Å². The maximum Gasteiger partial charge on any atom is 0.309 e. The Morgan fingerprint density at radius 2 is 1.64 bits per heavy atom. The van der Waals surface area contributed by atoms with Gasteiger partial charge in [-0.2, -0.15) is 9.78 Å². The van der Waals surface area contributed by atoms with Gasteiger partial charge in [0.2, 0.25) is 5.88 Å². The van der Waals surface area contributed by atoms with Crippen molar-refractivity contribution in [1.29, 1.82) is 0 Å². The minimum Gasteiger partial charge on any atom is -0.407 e. The number of benzene rings is 3. The van der Waals surface area contributed by atoms with E-state index in [2.05, 4.69) is 19.2 Å². The van der Waals surface area contributed by atoms with Crippen LogP contribution in [0.5, 0.6) is 5.88 Å². The molecule has 0 aliphatic heterocycles. The van der Waals surface area contributed by atoms with Crippen LogP contribution in [-0.4, -0.2) is 21.7 Å². The molecule has 4 rings (SSSR count). The van der Waals surface area contributed by atoms with Crippen molar-refractivity contribution in [2.45, 2.75) is 41.0 Å². The topological polar surface area (TPSA) is 73.2 Å². The SMILES string of the molecule is CC(=O)Oc1c(-c2ccc(NC(=O)c3ccc(C)cc3)cc2)c(CC(C)C)nn1-c1cccc(C)c1. The van der Waals surface area contributed by atoms with Gasteiger partial charge in [0.25, 0.3) is 5.91 Å². The zero-order valence-corrected chi connectivity index (χ0v) is 21.3. The highest BCUT2D eigenvalue weighted by Crippen LogP contribution is 2.37. The Balaban J connectivity index is 1.73. The van der Waals surface area contributed by atoms with Gasteiger partial charge in [0.15, 0.2) is 0 Å². The van der Waals surface area contributed by atoms with E-state index in [1.807, 2.05) is 86.6 Å². The summed E-state index contributed by atoms with van der Waals surface area (Å²) in [6, 6.07) is 22.9. The summed E-state index contributed by atoms with van der Waals surface area (Å²) >= 11 is 0. The number of anilines is 1. The van der Waals surface area contributed by atoms with Crippen molar-refractivity contribution >= 4 is 17.6 Å². The quantitative estimate of drug-likeness (QED) is 0.305. The number of aromatic nitrogens is 2. The van der Waals surface area contributed by atoms with Gasteiger partial charge in [0.05, 0.1) is 16.9 Å². The second-order valence-electron chi connectivity index (χ2n) is 9.47. The Morgan fingerprint density at radius 1 is 0.944 bits per heavy atom. The maximum atomic E-state index is 12.6. The number of carbonyl (C=O) groups excluding carboxylic acids is 2. The molecule has 1 heterocycles. The summed E-state index contributed by atoms with van der Waals surface area (Å²) in [7, 11) is 0. The van der Waals surface area contributed by atoms with Crippen LogP contribution in [-0.2, 0) is 11.2 Å². The monoisotopic (exact) mass is 481 g/mol. The van der Waals surface area contributed by atoms with Crippen molar-refractivity contribution in [2.75, 3.05) is 5.32 Å². The highest BCUT2D eigenvalue weighted by atomic mass is 16.5. The van der Waals surface area contributed by atoms with Crippen LogP contribution in [0.3, 0.4) is 0 Å². The first-order chi connectivity index (χ1) is 17.2. The molecule has 6 nitrogen and oxygen atoms in total. The predicted octanol–water partition coefficient (Wildman–Crippen LogP) is 6.53. The Bertz CT molecular complexity index is 1380. The number of hydrogen-bond donors (Lipinski definition) is 1. The van der Waals surface area contributed by atoms with Crippen molar-refractivity contribution in [1.82, 2.24) is 9.78 Å². The zero-order valence-electron chi connectivity index (χ0n) is 21.3. The predicted molar refractivity (Wildman–Crippen MR) is 143 cm³/mol. The van der Waals surface area contributed by atoms with E-state index in [9.17, 15) is 9.59 Å². The standard InChI is InChI=1S/C30H31N3O3/c1-19(2)17-27-28(30(36-22(5)34)33(32-27)26-8-6-7-21(4)18-26)23-13-15-25(16-14-23)31-29(35)24-11-9-20(3)10-12-24/h6-16,18-19H,17H2,1-5H3,(H,31,35). The fourth-order valence-electron chi connectivity index (χ4n) is 4.06. The van der Waals surface area contributed by atoms with Gasteiger partial charge >= 0.3 is 5.97 Å². The summed E-state index contributed by atoms with van der Waals surface area (Å²) < 4.78 is 7.44. The summed E-state index contributed by atoms with van der Waals surface area (Å²) in [5, 5.41) is 7.82. The van der Waals surface area contributed by atoms with Crippen LogP contribution in [0.15, 0.2) is 72.8 Å². The molecule has 36 heavy (non-hydrogen) atoms. The molecule has 0 fully saturated rings. The summed E-state index contributed by atoms with van der Waals surface area (Å²) in [4.78, 5) is 24.7. The average molecular weight is 482 g/mol. The van der Waals surface area contributed by atoms with Crippen LogP contribution in [0.1, 0.15) is 48.0 Å². The van der Waals surface area contributed by atoms with Crippen LogP contribution in [0.2, 0.25) is 0 Å². The molecule has 0 spiro atoms. The molecule has 4 aromatic rings. The van der Waals surface area contributed by atoms with E-state index in [0.717, 1.165) is 33.6 Å². The maximum absolute atomic E-state index is 12.6. The van der Waals surface area contributed by atoms with Gasteiger partial charge in [-0.05, 0) is 73.7 Å². The normalized spacial score (nSPS) is 10.9. The number of nitrogens with zero attached hydrogens (tertiary/aromatic N) is 2. The minimum atomic E-state index is -0.414. The fourth-order valence-corrected chi connectivity index (χ4v) is 4.06. The van der Waals surface area contributed by atoms with Gasteiger partial charge in [-0.1, -0.05) is 55.8 Å². The molecule has 0 radical (unpaired) electrons. The number of esters is 1. The van der Waals surface area contributed by atoms with E-state index in [0.29, 0.717) is 29.5 Å².